The number of sulfone groups is 1. The van der Waals surface area contributed by atoms with E-state index in [1.54, 1.807) is 0 Å². The molecule has 2 aromatic carbocycles. The van der Waals surface area contributed by atoms with E-state index in [1.165, 1.54) is 38.1 Å². The molecule has 0 spiro atoms. The fourth-order valence-electron chi connectivity index (χ4n) is 2.09. The molecule has 2 atom stereocenters. The van der Waals surface area contributed by atoms with Crippen LogP contribution in [0.1, 0.15) is 13.8 Å². The lowest BCUT2D eigenvalue weighted by Gasteiger charge is -2.16. The van der Waals surface area contributed by atoms with Crippen LogP contribution in [-0.2, 0) is 9.84 Å². The highest BCUT2D eigenvalue weighted by Crippen LogP contribution is 2.41. The molecular formula is C16H14Br4O6S. The summed E-state index contributed by atoms with van der Waals surface area (Å²) in [6.45, 7) is 2.88. The largest absolute Gasteiger partial charge is 0.463 e. The quantitative estimate of drug-likeness (QED) is 0.427. The van der Waals surface area contributed by atoms with E-state index in [4.69, 9.17) is 9.47 Å². The molecule has 148 valence electrons. The van der Waals surface area contributed by atoms with Gasteiger partial charge in [0.15, 0.2) is 24.1 Å². The van der Waals surface area contributed by atoms with Gasteiger partial charge in [0.1, 0.15) is 0 Å². The van der Waals surface area contributed by atoms with Crippen molar-refractivity contribution >= 4 is 73.6 Å². The highest BCUT2D eigenvalue weighted by atomic mass is 79.9. The summed E-state index contributed by atoms with van der Waals surface area (Å²) in [5.41, 5.74) is 0. The van der Waals surface area contributed by atoms with Crippen molar-refractivity contribution in [1.29, 1.82) is 0 Å². The molecule has 0 saturated carbocycles. The third-order valence-corrected chi connectivity index (χ3v) is 7.21. The molecule has 0 fully saturated rings. The van der Waals surface area contributed by atoms with Crippen molar-refractivity contribution in [2.45, 2.75) is 36.2 Å². The number of hydrogen-bond donors (Lipinski definition) is 2. The van der Waals surface area contributed by atoms with E-state index in [1.807, 2.05) is 0 Å². The summed E-state index contributed by atoms with van der Waals surface area (Å²) in [7, 11) is -3.88. The first-order chi connectivity index (χ1) is 12.4. The van der Waals surface area contributed by atoms with E-state index in [9.17, 15) is 18.6 Å². The standard InChI is InChI=1S/C16H14Br4O6S/c1-7(21)25-15-11(17)3-9(4-12(15)18)27(23,24)10-5-13(19)16(14(20)6-10)26-8(2)22/h3-8,21-22H,1-2H3. The van der Waals surface area contributed by atoms with Crippen LogP contribution >= 0.6 is 63.7 Å². The van der Waals surface area contributed by atoms with E-state index in [2.05, 4.69) is 63.7 Å². The molecule has 0 bridgehead atoms. The lowest BCUT2D eigenvalue weighted by molar-refractivity contribution is -0.00205. The van der Waals surface area contributed by atoms with Gasteiger partial charge in [0.25, 0.3) is 0 Å². The SMILES string of the molecule is CC(O)Oc1c(Br)cc(S(=O)(=O)c2cc(Br)c(OC(C)O)c(Br)c2)cc1Br. The monoisotopic (exact) mass is 650 g/mol. The Morgan fingerprint density at radius 3 is 1.22 bits per heavy atom. The van der Waals surface area contributed by atoms with Crippen molar-refractivity contribution in [3.63, 3.8) is 0 Å². The Kier molecular flexibility index (Phi) is 7.79. The zero-order valence-corrected chi connectivity index (χ0v) is 21.1. The molecule has 0 aliphatic heterocycles. The van der Waals surface area contributed by atoms with Gasteiger partial charge in [-0.25, -0.2) is 8.42 Å². The molecule has 2 rings (SSSR count). The van der Waals surface area contributed by atoms with Crippen molar-refractivity contribution in [2.24, 2.45) is 0 Å². The predicted molar refractivity (Wildman–Crippen MR) is 114 cm³/mol. The number of aliphatic hydroxyl groups excluding tert-OH is 2. The van der Waals surface area contributed by atoms with Gasteiger partial charge in [0.05, 0.1) is 27.7 Å². The van der Waals surface area contributed by atoms with Gasteiger partial charge < -0.3 is 19.7 Å². The minimum Gasteiger partial charge on any atom is -0.463 e. The summed E-state index contributed by atoms with van der Waals surface area (Å²) in [6.07, 6.45) is -2.12. The molecule has 0 aliphatic rings. The van der Waals surface area contributed by atoms with E-state index in [0.717, 1.165) is 0 Å². The van der Waals surface area contributed by atoms with Crippen molar-refractivity contribution < 1.29 is 28.1 Å². The second-order valence-corrected chi connectivity index (χ2v) is 10.7. The van der Waals surface area contributed by atoms with Gasteiger partial charge in [-0.05, 0) is 102 Å². The average Bonchev–Trinajstić information content (AvgIpc) is 2.53. The normalized spacial score (nSPS) is 13.9. The van der Waals surface area contributed by atoms with Crippen LogP contribution in [0.4, 0.5) is 0 Å². The van der Waals surface area contributed by atoms with Crippen LogP contribution in [0.5, 0.6) is 11.5 Å². The number of halogens is 4. The van der Waals surface area contributed by atoms with Gasteiger partial charge in [-0.15, -0.1) is 0 Å². The van der Waals surface area contributed by atoms with Crippen LogP contribution in [0, 0.1) is 0 Å². The Morgan fingerprint density at radius 1 is 0.741 bits per heavy atom. The van der Waals surface area contributed by atoms with Crippen LogP contribution in [0.15, 0.2) is 51.9 Å². The Morgan fingerprint density at radius 2 is 1.00 bits per heavy atom. The Labute approximate surface area is 190 Å². The van der Waals surface area contributed by atoms with Crippen LogP contribution < -0.4 is 9.47 Å². The van der Waals surface area contributed by atoms with Gasteiger partial charge in [-0.2, -0.15) is 0 Å². The minimum absolute atomic E-state index is 0.0159. The second-order valence-electron chi connectivity index (χ2n) is 5.37. The molecule has 0 amide bonds. The summed E-state index contributed by atoms with van der Waals surface area (Å²) >= 11 is 13.0. The topological polar surface area (TPSA) is 93.1 Å². The zero-order chi connectivity index (χ0) is 20.5. The summed E-state index contributed by atoms with van der Waals surface area (Å²) in [4.78, 5) is 0.0318. The molecule has 0 radical (unpaired) electrons. The molecule has 6 nitrogen and oxygen atoms in total. The van der Waals surface area contributed by atoms with E-state index in [-0.39, 0.29) is 21.3 Å². The highest BCUT2D eigenvalue weighted by Gasteiger charge is 2.24. The fraction of sp³-hybridized carbons (Fsp3) is 0.250. The van der Waals surface area contributed by atoms with Crippen LogP contribution in [0.3, 0.4) is 0 Å². The molecule has 2 N–H and O–H groups in total. The average molecular weight is 654 g/mol. The molecular weight excluding hydrogens is 640 g/mol. The van der Waals surface area contributed by atoms with E-state index in [0.29, 0.717) is 17.9 Å². The van der Waals surface area contributed by atoms with Crippen molar-refractivity contribution in [3.05, 3.63) is 42.2 Å². The van der Waals surface area contributed by atoms with E-state index < -0.39 is 22.4 Å². The lowest BCUT2D eigenvalue weighted by atomic mass is 10.3. The Bertz CT molecular complexity index is 842. The van der Waals surface area contributed by atoms with Gasteiger partial charge in [-0.1, -0.05) is 0 Å². The smallest absolute Gasteiger partial charge is 0.206 e. The van der Waals surface area contributed by atoms with E-state index >= 15 is 0 Å². The summed E-state index contributed by atoms with van der Waals surface area (Å²) < 4.78 is 38.1. The van der Waals surface area contributed by atoms with Crippen molar-refractivity contribution in [3.8, 4) is 11.5 Å². The maximum absolute atomic E-state index is 13.0. The summed E-state index contributed by atoms with van der Waals surface area (Å²) in [6, 6.07) is 5.55. The van der Waals surface area contributed by atoms with Crippen LogP contribution in [0.2, 0.25) is 0 Å². The number of benzene rings is 2. The third-order valence-electron chi connectivity index (χ3n) is 3.14. The number of aliphatic hydroxyl groups is 2. The minimum atomic E-state index is -3.88. The van der Waals surface area contributed by atoms with Crippen LogP contribution in [0.25, 0.3) is 0 Å². The summed E-state index contributed by atoms with van der Waals surface area (Å²) in [5, 5.41) is 18.8. The molecule has 2 aromatic rings. The maximum Gasteiger partial charge on any atom is 0.206 e. The third kappa shape index (κ3) is 5.46. The lowest BCUT2D eigenvalue weighted by Crippen LogP contribution is -2.12. The van der Waals surface area contributed by atoms with Gasteiger partial charge in [0.2, 0.25) is 9.84 Å². The Hall–Kier alpha value is -0.170. The number of rotatable bonds is 6. The first-order valence-electron chi connectivity index (χ1n) is 7.36. The number of hydrogen-bond acceptors (Lipinski definition) is 6. The number of ether oxygens (including phenoxy) is 2. The highest BCUT2D eigenvalue weighted by molar-refractivity contribution is 9.11. The molecule has 2 unspecified atom stereocenters. The van der Waals surface area contributed by atoms with Gasteiger partial charge in [0, 0.05) is 0 Å². The van der Waals surface area contributed by atoms with Crippen molar-refractivity contribution in [1.82, 2.24) is 0 Å². The van der Waals surface area contributed by atoms with Gasteiger partial charge >= 0.3 is 0 Å². The molecule has 11 heteroatoms. The van der Waals surface area contributed by atoms with Crippen LogP contribution in [-0.4, -0.2) is 31.2 Å². The predicted octanol–water partition coefficient (Wildman–Crippen LogP) is 5.00. The fourth-order valence-corrected chi connectivity index (χ4v) is 6.80. The molecule has 0 heterocycles. The zero-order valence-electron chi connectivity index (χ0n) is 13.9. The maximum atomic E-state index is 13.0. The Balaban J connectivity index is 2.53. The first-order valence-corrected chi connectivity index (χ1v) is 12.0. The molecule has 0 aliphatic carbocycles. The molecule has 0 saturated heterocycles. The first kappa shape index (κ1) is 23.1. The molecule has 0 aromatic heterocycles. The summed E-state index contributed by atoms with van der Waals surface area (Å²) in [5.74, 6) is 0.569. The van der Waals surface area contributed by atoms with Crippen molar-refractivity contribution in [2.75, 3.05) is 0 Å². The molecule has 27 heavy (non-hydrogen) atoms. The second kappa shape index (κ2) is 9.10. The van der Waals surface area contributed by atoms with Gasteiger partial charge in [-0.3, -0.25) is 0 Å².